The second kappa shape index (κ2) is 9.87. The number of anilines is 1. The minimum atomic E-state index is -0.644. The Kier molecular flexibility index (Phi) is 6.75. The van der Waals surface area contributed by atoms with Gasteiger partial charge in [-0.2, -0.15) is 5.10 Å². The SMILES string of the molecule is CC(C)CC(CO)NC(=O)C1CN(Cc2ccc(-n3cccn3)cc2)c2ccccc2O1. The molecule has 7 heteroatoms. The first-order valence-corrected chi connectivity index (χ1v) is 11.0. The molecule has 1 aliphatic rings. The van der Waals surface area contributed by atoms with Gasteiger partial charge in [0.15, 0.2) is 6.10 Å². The molecule has 1 aliphatic heterocycles. The van der Waals surface area contributed by atoms with Gasteiger partial charge in [-0.1, -0.05) is 38.1 Å². The average Bonchev–Trinajstić information content (AvgIpc) is 3.33. The van der Waals surface area contributed by atoms with Gasteiger partial charge in [-0.05, 0) is 48.2 Å². The zero-order valence-electron chi connectivity index (χ0n) is 18.5. The number of nitrogens with zero attached hydrogens (tertiary/aromatic N) is 3. The van der Waals surface area contributed by atoms with Crippen LogP contribution in [0.4, 0.5) is 5.69 Å². The van der Waals surface area contributed by atoms with Gasteiger partial charge in [-0.15, -0.1) is 0 Å². The average molecular weight is 435 g/mol. The molecule has 0 saturated carbocycles. The van der Waals surface area contributed by atoms with Crippen molar-refractivity contribution in [3.8, 4) is 11.4 Å². The Morgan fingerprint density at radius 3 is 2.66 bits per heavy atom. The highest BCUT2D eigenvalue weighted by atomic mass is 16.5. The summed E-state index contributed by atoms with van der Waals surface area (Å²) in [5, 5.41) is 16.9. The summed E-state index contributed by atoms with van der Waals surface area (Å²) >= 11 is 0. The topological polar surface area (TPSA) is 79.6 Å². The van der Waals surface area contributed by atoms with E-state index in [0.717, 1.165) is 23.4 Å². The molecular weight excluding hydrogens is 404 g/mol. The molecule has 1 aromatic heterocycles. The zero-order chi connectivity index (χ0) is 22.5. The molecule has 4 rings (SSSR count). The lowest BCUT2D eigenvalue weighted by atomic mass is 10.0. The van der Waals surface area contributed by atoms with E-state index in [0.29, 0.717) is 24.8 Å². The van der Waals surface area contributed by atoms with Crippen LogP contribution in [0.5, 0.6) is 5.75 Å². The zero-order valence-corrected chi connectivity index (χ0v) is 18.5. The molecule has 2 atom stereocenters. The molecule has 2 N–H and O–H groups in total. The predicted molar refractivity (Wildman–Crippen MR) is 124 cm³/mol. The third-order valence-corrected chi connectivity index (χ3v) is 5.56. The molecule has 0 fully saturated rings. The Bertz CT molecular complexity index is 1020. The molecule has 3 aromatic rings. The molecule has 2 heterocycles. The fraction of sp³-hybridized carbons (Fsp3) is 0.360. The predicted octanol–water partition coefficient (Wildman–Crippen LogP) is 3.16. The molecule has 0 aliphatic carbocycles. The molecule has 0 radical (unpaired) electrons. The summed E-state index contributed by atoms with van der Waals surface area (Å²) in [4.78, 5) is 15.1. The van der Waals surface area contributed by atoms with Gasteiger partial charge in [-0.25, -0.2) is 4.68 Å². The van der Waals surface area contributed by atoms with Crippen molar-refractivity contribution in [1.29, 1.82) is 0 Å². The van der Waals surface area contributed by atoms with Crippen molar-refractivity contribution in [1.82, 2.24) is 15.1 Å². The molecule has 0 spiro atoms. The minimum Gasteiger partial charge on any atom is -0.477 e. The Labute approximate surface area is 188 Å². The monoisotopic (exact) mass is 434 g/mol. The fourth-order valence-electron chi connectivity index (χ4n) is 4.03. The molecule has 32 heavy (non-hydrogen) atoms. The van der Waals surface area contributed by atoms with E-state index in [1.54, 1.807) is 6.20 Å². The normalized spacial score (nSPS) is 16.4. The quantitative estimate of drug-likeness (QED) is 0.569. The van der Waals surface area contributed by atoms with Crippen LogP contribution in [-0.2, 0) is 11.3 Å². The molecular formula is C25H30N4O3. The number of carbonyl (C=O) groups is 1. The molecule has 0 bridgehead atoms. The van der Waals surface area contributed by atoms with Gasteiger partial charge in [0.25, 0.3) is 5.91 Å². The standard InChI is InChI=1S/C25H30N4O3/c1-18(2)14-20(17-30)27-25(31)24-16-28(22-6-3-4-7-23(22)32-24)15-19-8-10-21(11-9-19)29-13-5-12-26-29/h3-13,18,20,24,30H,14-17H2,1-2H3,(H,27,31). The van der Waals surface area contributed by atoms with E-state index in [9.17, 15) is 9.90 Å². The Morgan fingerprint density at radius 2 is 1.97 bits per heavy atom. The highest BCUT2D eigenvalue weighted by molar-refractivity contribution is 5.83. The first-order valence-electron chi connectivity index (χ1n) is 11.0. The van der Waals surface area contributed by atoms with Crippen molar-refractivity contribution in [3.63, 3.8) is 0 Å². The van der Waals surface area contributed by atoms with Crippen molar-refractivity contribution >= 4 is 11.6 Å². The lowest BCUT2D eigenvalue weighted by Gasteiger charge is -2.36. The van der Waals surface area contributed by atoms with Gasteiger partial charge in [-0.3, -0.25) is 4.79 Å². The molecule has 2 aromatic carbocycles. The number of amides is 1. The highest BCUT2D eigenvalue weighted by Gasteiger charge is 2.31. The summed E-state index contributed by atoms with van der Waals surface area (Å²) in [7, 11) is 0. The maximum Gasteiger partial charge on any atom is 0.263 e. The number of rotatable bonds is 8. The van der Waals surface area contributed by atoms with E-state index in [-0.39, 0.29) is 18.6 Å². The fourth-order valence-corrected chi connectivity index (χ4v) is 4.03. The number of fused-ring (bicyclic) bond motifs is 1. The maximum absolute atomic E-state index is 12.9. The summed E-state index contributed by atoms with van der Waals surface area (Å²) < 4.78 is 7.86. The number of aliphatic hydroxyl groups is 1. The number of hydrogen-bond acceptors (Lipinski definition) is 5. The summed E-state index contributed by atoms with van der Waals surface area (Å²) in [6.45, 7) is 5.14. The van der Waals surface area contributed by atoms with Crippen LogP contribution in [0, 0.1) is 5.92 Å². The number of ether oxygens (including phenoxy) is 1. The van der Waals surface area contributed by atoms with Crippen molar-refractivity contribution in [2.45, 2.75) is 39.0 Å². The summed E-state index contributed by atoms with van der Waals surface area (Å²) in [5.41, 5.74) is 3.09. The van der Waals surface area contributed by atoms with Gasteiger partial charge in [0.1, 0.15) is 5.75 Å². The molecule has 168 valence electrons. The van der Waals surface area contributed by atoms with Crippen LogP contribution in [0.25, 0.3) is 5.69 Å². The van der Waals surface area contributed by atoms with E-state index < -0.39 is 6.10 Å². The Hall–Kier alpha value is -3.32. The highest BCUT2D eigenvalue weighted by Crippen LogP contribution is 2.34. The largest absolute Gasteiger partial charge is 0.477 e. The van der Waals surface area contributed by atoms with Crippen molar-refractivity contribution in [2.24, 2.45) is 5.92 Å². The third-order valence-electron chi connectivity index (χ3n) is 5.56. The van der Waals surface area contributed by atoms with E-state index in [1.165, 1.54) is 0 Å². The number of aliphatic hydroxyl groups excluding tert-OH is 1. The summed E-state index contributed by atoms with van der Waals surface area (Å²) in [6, 6.07) is 17.6. The van der Waals surface area contributed by atoms with Gasteiger partial charge < -0.3 is 20.1 Å². The third kappa shape index (κ3) is 5.11. The maximum atomic E-state index is 12.9. The molecule has 1 amide bonds. The van der Waals surface area contributed by atoms with Crippen molar-refractivity contribution in [3.05, 3.63) is 72.6 Å². The van der Waals surface area contributed by atoms with E-state index in [1.807, 2.05) is 53.3 Å². The number of para-hydroxylation sites is 2. The Morgan fingerprint density at radius 1 is 1.19 bits per heavy atom. The molecule has 2 unspecified atom stereocenters. The lowest BCUT2D eigenvalue weighted by molar-refractivity contribution is -0.129. The lowest BCUT2D eigenvalue weighted by Crippen LogP contribution is -2.52. The number of hydrogen-bond donors (Lipinski definition) is 2. The summed E-state index contributed by atoms with van der Waals surface area (Å²) in [5.74, 6) is 0.872. The minimum absolute atomic E-state index is 0.0838. The van der Waals surface area contributed by atoms with Crippen LogP contribution in [-0.4, -0.2) is 46.1 Å². The van der Waals surface area contributed by atoms with Crippen molar-refractivity contribution in [2.75, 3.05) is 18.1 Å². The molecule has 0 saturated heterocycles. The Balaban J connectivity index is 1.49. The second-order valence-electron chi connectivity index (χ2n) is 8.59. The van der Waals surface area contributed by atoms with Gasteiger partial charge in [0.05, 0.1) is 30.6 Å². The number of carbonyl (C=O) groups excluding carboxylic acids is 1. The van der Waals surface area contributed by atoms with Crippen LogP contribution in [0.1, 0.15) is 25.8 Å². The van der Waals surface area contributed by atoms with Crippen LogP contribution in [0.3, 0.4) is 0 Å². The van der Waals surface area contributed by atoms with Crippen molar-refractivity contribution < 1.29 is 14.6 Å². The molecule has 7 nitrogen and oxygen atoms in total. The van der Waals surface area contributed by atoms with Crippen LogP contribution in [0.15, 0.2) is 67.0 Å². The van der Waals surface area contributed by atoms with E-state index in [2.05, 4.69) is 41.3 Å². The second-order valence-corrected chi connectivity index (χ2v) is 8.59. The summed E-state index contributed by atoms with van der Waals surface area (Å²) in [6.07, 6.45) is 3.74. The van der Waals surface area contributed by atoms with Crippen LogP contribution >= 0.6 is 0 Å². The van der Waals surface area contributed by atoms with Crippen LogP contribution in [0.2, 0.25) is 0 Å². The van der Waals surface area contributed by atoms with Gasteiger partial charge in [0.2, 0.25) is 0 Å². The van der Waals surface area contributed by atoms with Gasteiger partial charge in [0, 0.05) is 18.9 Å². The van der Waals surface area contributed by atoms with E-state index >= 15 is 0 Å². The number of nitrogens with one attached hydrogen (secondary N) is 1. The first-order chi connectivity index (χ1) is 15.5. The van der Waals surface area contributed by atoms with E-state index in [4.69, 9.17) is 4.74 Å². The van der Waals surface area contributed by atoms with Gasteiger partial charge >= 0.3 is 0 Å². The number of benzene rings is 2. The first kappa shape index (κ1) is 21.9. The smallest absolute Gasteiger partial charge is 0.263 e. The number of aromatic nitrogens is 2. The van der Waals surface area contributed by atoms with Crippen LogP contribution < -0.4 is 15.0 Å².